The van der Waals surface area contributed by atoms with Gasteiger partial charge in [0, 0.05) is 19.7 Å². The van der Waals surface area contributed by atoms with Crippen molar-refractivity contribution in [3.8, 4) is 0 Å². The molecule has 0 aromatic carbocycles. The maximum absolute atomic E-state index is 5.65. The van der Waals surface area contributed by atoms with Crippen molar-refractivity contribution in [3.63, 3.8) is 0 Å². The van der Waals surface area contributed by atoms with Crippen LogP contribution in [0.4, 0.5) is 0 Å². The number of aromatic nitrogens is 2. The second-order valence-corrected chi connectivity index (χ2v) is 3.19. The largest absolute Gasteiger partial charge is 0.371 e. The Hall–Kier alpha value is -0.870. The summed E-state index contributed by atoms with van der Waals surface area (Å²) in [7, 11) is 0. The van der Waals surface area contributed by atoms with Gasteiger partial charge >= 0.3 is 0 Å². The summed E-state index contributed by atoms with van der Waals surface area (Å²) < 4.78 is 7.64. The molecule has 1 unspecified atom stereocenters. The zero-order valence-corrected chi connectivity index (χ0v) is 8.94. The molecule has 0 radical (unpaired) electrons. The van der Waals surface area contributed by atoms with Crippen molar-refractivity contribution in [2.24, 2.45) is 5.73 Å². The van der Waals surface area contributed by atoms with Crippen molar-refractivity contribution in [2.45, 2.75) is 32.9 Å². The Balaban J connectivity index is 2.74. The van der Waals surface area contributed by atoms with E-state index in [0.29, 0.717) is 13.2 Å². The van der Waals surface area contributed by atoms with Crippen molar-refractivity contribution in [3.05, 3.63) is 18.2 Å². The molecule has 0 fully saturated rings. The van der Waals surface area contributed by atoms with Crippen molar-refractivity contribution in [2.75, 3.05) is 13.2 Å². The van der Waals surface area contributed by atoms with Gasteiger partial charge in [0.1, 0.15) is 6.10 Å². The van der Waals surface area contributed by atoms with Gasteiger partial charge < -0.3 is 15.0 Å². The minimum absolute atomic E-state index is 0.0194. The van der Waals surface area contributed by atoms with Crippen molar-refractivity contribution < 1.29 is 4.74 Å². The molecule has 2 N–H and O–H groups in total. The standard InChI is InChI=1S/C10H19N3O/c1-3-5-13-8-12-7-9(13)10(6-11)14-4-2/h7-8,10H,3-6,11H2,1-2H3. The Kier molecular flexibility index (Phi) is 4.62. The summed E-state index contributed by atoms with van der Waals surface area (Å²) in [5, 5.41) is 0. The minimum Gasteiger partial charge on any atom is -0.371 e. The van der Waals surface area contributed by atoms with Gasteiger partial charge in [-0.2, -0.15) is 0 Å². The van der Waals surface area contributed by atoms with E-state index in [9.17, 15) is 0 Å². The van der Waals surface area contributed by atoms with Crippen LogP contribution in [-0.4, -0.2) is 22.7 Å². The Bertz CT molecular complexity index is 260. The fraction of sp³-hybridized carbons (Fsp3) is 0.700. The quantitative estimate of drug-likeness (QED) is 0.748. The van der Waals surface area contributed by atoms with Crippen molar-refractivity contribution in [1.82, 2.24) is 9.55 Å². The van der Waals surface area contributed by atoms with Crippen LogP contribution in [0, 0.1) is 0 Å². The molecule has 0 aliphatic carbocycles. The normalized spacial score (nSPS) is 13.1. The third-order valence-corrected chi connectivity index (χ3v) is 2.12. The van der Waals surface area contributed by atoms with Crippen LogP contribution in [0.5, 0.6) is 0 Å². The number of nitrogens with two attached hydrogens (primary N) is 1. The number of aryl methyl sites for hydroxylation is 1. The molecule has 1 atom stereocenters. The zero-order chi connectivity index (χ0) is 10.4. The van der Waals surface area contributed by atoms with Crippen LogP contribution in [-0.2, 0) is 11.3 Å². The van der Waals surface area contributed by atoms with Gasteiger partial charge in [-0.15, -0.1) is 0 Å². The highest BCUT2D eigenvalue weighted by Gasteiger charge is 2.13. The van der Waals surface area contributed by atoms with Crippen LogP contribution < -0.4 is 5.73 Å². The molecule has 4 heteroatoms. The summed E-state index contributed by atoms with van der Waals surface area (Å²) in [6.45, 7) is 6.27. The molecule has 1 rings (SSSR count). The summed E-state index contributed by atoms with van der Waals surface area (Å²) in [5.74, 6) is 0. The molecule has 0 spiro atoms. The van der Waals surface area contributed by atoms with Crippen LogP contribution >= 0.6 is 0 Å². The summed E-state index contributed by atoms with van der Waals surface area (Å²) >= 11 is 0. The summed E-state index contributed by atoms with van der Waals surface area (Å²) in [5.41, 5.74) is 6.73. The second kappa shape index (κ2) is 5.78. The average molecular weight is 197 g/mol. The first-order chi connectivity index (χ1) is 6.83. The summed E-state index contributed by atoms with van der Waals surface area (Å²) in [6, 6.07) is 0. The van der Waals surface area contributed by atoms with Gasteiger partial charge in [-0.3, -0.25) is 0 Å². The molecule has 14 heavy (non-hydrogen) atoms. The average Bonchev–Trinajstić information content (AvgIpc) is 2.63. The summed E-state index contributed by atoms with van der Waals surface area (Å²) in [4.78, 5) is 4.12. The van der Waals surface area contributed by atoms with Crippen LogP contribution in [0.2, 0.25) is 0 Å². The maximum Gasteiger partial charge on any atom is 0.111 e. The number of hydrogen-bond acceptors (Lipinski definition) is 3. The van der Waals surface area contributed by atoms with Gasteiger partial charge in [-0.05, 0) is 13.3 Å². The molecule has 80 valence electrons. The lowest BCUT2D eigenvalue weighted by atomic mass is 10.2. The van der Waals surface area contributed by atoms with Crippen molar-refractivity contribution in [1.29, 1.82) is 0 Å². The van der Waals surface area contributed by atoms with E-state index in [0.717, 1.165) is 18.7 Å². The highest BCUT2D eigenvalue weighted by molar-refractivity contribution is 5.03. The molecule has 4 nitrogen and oxygen atoms in total. The molecular weight excluding hydrogens is 178 g/mol. The Morgan fingerprint density at radius 1 is 1.57 bits per heavy atom. The fourth-order valence-electron chi connectivity index (χ4n) is 1.50. The SMILES string of the molecule is CCCn1cncc1C(CN)OCC. The lowest BCUT2D eigenvalue weighted by Gasteiger charge is -2.16. The molecule has 0 saturated carbocycles. The van der Waals surface area contributed by atoms with Crippen LogP contribution in [0.15, 0.2) is 12.5 Å². The number of nitrogens with zero attached hydrogens (tertiary/aromatic N) is 2. The van der Waals surface area contributed by atoms with Gasteiger partial charge in [0.05, 0.1) is 18.2 Å². The maximum atomic E-state index is 5.65. The number of rotatable bonds is 6. The predicted octanol–water partition coefficient (Wildman–Crippen LogP) is 1.33. The van der Waals surface area contributed by atoms with Crippen LogP contribution in [0.1, 0.15) is 32.1 Å². The lowest BCUT2D eigenvalue weighted by molar-refractivity contribution is 0.0631. The Morgan fingerprint density at radius 3 is 2.93 bits per heavy atom. The lowest BCUT2D eigenvalue weighted by Crippen LogP contribution is -2.19. The molecule has 0 amide bonds. The molecule has 0 saturated heterocycles. The first-order valence-electron chi connectivity index (χ1n) is 5.15. The third-order valence-electron chi connectivity index (χ3n) is 2.12. The molecule has 0 aliphatic heterocycles. The summed E-state index contributed by atoms with van der Waals surface area (Å²) in [6.07, 6.45) is 4.74. The minimum atomic E-state index is -0.0194. The van der Waals surface area contributed by atoms with Gasteiger partial charge in [0.2, 0.25) is 0 Å². The van der Waals surface area contributed by atoms with E-state index in [2.05, 4.69) is 16.5 Å². The van der Waals surface area contributed by atoms with E-state index in [4.69, 9.17) is 10.5 Å². The van der Waals surface area contributed by atoms with E-state index >= 15 is 0 Å². The van der Waals surface area contributed by atoms with Crippen molar-refractivity contribution >= 4 is 0 Å². The first kappa shape index (κ1) is 11.2. The third kappa shape index (κ3) is 2.56. The van der Waals surface area contributed by atoms with E-state index in [-0.39, 0.29) is 6.10 Å². The molecule has 1 heterocycles. The highest BCUT2D eigenvalue weighted by atomic mass is 16.5. The fourth-order valence-corrected chi connectivity index (χ4v) is 1.50. The van der Waals surface area contributed by atoms with E-state index < -0.39 is 0 Å². The van der Waals surface area contributed by atoms with Gasteiger partial charge in [0.15, 0.2) is 0 Å². The van der Waals surface area contributed by atoms with E-state index in [1.54, 1.807) is 0 Å². The van der Waals surface area contributed by atoms with E-state index in [1.807, 2.05) is 19.4 Å². The Morgan fingerprint density at radius 2 is 2.36 bits per heavy atom. The molecule has 0 aliphatic rings. The molecule has 1 aromatic rings. The molecular formula is C10H19N3O. The smallest absolute Gasteiger partial charge is 0.111 e. The first-order valence-corrected chi connectivity index (χ1v) is 5.15. The molecule has 0 bridgehead atoms. The van der Waals surface area contributed by atoms with Gasteiger partial charge in [-0.25, -0.2) is 4.98 Å². The van der Waals surface area contributed by atoms with Crippen LogP contribution in [0.25, 0.3) is 0 Å². The number of ether oxygens (including phenoxy) is 1. The second-order valence-electron chi connectivity index (χ2n) is 3.19. The zero-order valence-electron chi connectivity index (χ0n) is 8.94. The highest BCUT2D eigenvalue weighted by Crippen LogP contribution is 2.15. The topological polar surface area (TPSA) is 53.1 Å². The van der Waals surface area contributed by atoms with Gasteiger partial charge in [0.25, 0.3) is 0 Å². The predicted molar refractivity (Wildman–Crippen MR) is 55.9 cm³/mol. The van der Waals surface area contributed by atoms with Crippen LogP contribution in [0.3, 0.4) is 0 Å². The Labute approximate surface area is 85.1 Å². The molecule has 1 aromatic heterocycles. The van der Waals surface area contributed by atoms with Gasteiger partial charge in [-0.1, -0.05) is 6.92 Å². The number of imidazole rings is 1. The van der Waals surface area contributed by atoms with E-state index in [1.165, 1.54) is 0 Å². The number of hydrogen-bond donors (Lipinski definition) is 1. The monoisotopic (exact) mass is 197 g/mol.